The van der Waals surface area contributed by atoms with Crippen molar-refractivity contribution in [1.29, 1.82) is 0 Å². The van der Waals surface area contributed by atoms with Crippen LogP contribution in [0.2, 0.25) is 0 Å². The van der Waals surface area contributed by atoms with E-state index in [-0.39, 0.29) is 15.6 Å². The van der Waals surface area contributed by atoms with Gasteiger partial charge in [0.1, 0.15) is 11.7 Å². The molecular weight excluding hydrogens is 317 g/mol. The van der Waals surface area contributed by atoms with Crippen LogP contribution < -0.4 is 4.90 Å². The fraction of sp³-hybridized carbons (Fsp3) is 0.385. The third-order valence-electron chi connectivity index (χ3n) is 3.33. The third kappa shape index (κ3) is 3.06. The molecule has 5 nitrogen and oxygen atoms in total. The van der Waals surface area contributed by atoms with Gasteiger partial charge in [-0.25, -0.2) is 12.8 Å². The maximum atomic E-state index is 14.1. The van der Waals surface area contributed by atoms with E-state index >= 15 is 0 Å². The van der Waals surface area contributed by atoms with E-state index in [0.29, 0.717) is 13.0 Å². The van der Waals surface area contributed by atoms with Crippen molar-refractivity contribution >= 4 is 38.7 Å². The number of rotatable bonds is 3. The van der Waals surface area contributed by atoms with Crippen molar-refractivity contribution in [2.45, 2.75) is 11.3 Å². The van der Waals surface area contributed by atoms with Gasteiger partial charge in [0.2, 0.25) is 0 Å². The molecule has 0 amide bonds. The second-order valence-corrected chi connectivity index (χ2v) is 7.17. The minimum absolute atomic E-state index is 0.0987. The van der Waals surface area contributed by atoms with E-state index in [1.54, 1.807) is 0 Å². The highest BCUT2D eigenvalue weighted by molar-refractivity contribution is 7.90. The van der Waals surface area contributed by atoms with E-state index in [9.17, 15) is 17.6 Å². The molecule has 2 rings (SSSR count). The summed E-state index contributed by atoms with van der Waals surface area (Å²) in [6.45, 7) is 0.383. The molecule has 21 heavy (non-hydrogen) atoms. The normalized spacial score (nSPS) is 18.9. The summed E-state index contributed by atoms with van der Waals surface area (Å²) in [6, 6.07) is 3.64. The van der Waals surface area contributed by atoms with E-state index < -0.39 is 27.5 Å². The third-order valence-corrected chi connectivity index (χ3v) is 4.94. The minimum atomic E-state index is -3.47. The maximum absolute atomic E-state index is 14.1. The molecule has 0 saturated carbocycles. The van der Waals surface area contributed by atoms with Gasteiger partial charge in [0, 0.05) is 12.8 Å². The minimum Gasteiger partial charge on any atom is -0.468 e. The highest BCUT2D eigenvalue weighted by atomic mass is 32.2. The van der Waals surface area contributed by atoms with E-state index in [0.717, 1.165) is 12.3 Å². The predicted molar refractivity (Wildman–Crippen MR) is 79.6 cm³/mol. The van der Waals surface area contributed by atoms with Gasteiger partial charge in [-0.3, -0.25) is 4.79 Å². The summed E-state index contributed by atoms with van der Waals surface area (Å²) < 4.78 is 41.6. The Morgan fingerprint density at radius 1 is 1.48 bits per heavy atom. The van der Waals surface area contributed by atoms with E-state index in [1.165, 1.54) is 24.1 Å². The molecule has 1 fully saturated rings. The number of carbonyl (C=O) groups is 1. The summed E-state index contributed by atoms with van der Waals surface area (Å²) in [6.07, 6.45) is 1.45. The lowest BCUT2D eigenvalue weighted by molar-refractivity contribution is -0.142. The molecule has 0 aliphatic carbocycles. The predicted octanol–water partition coefficient (Wildman–Crippen LogP) is 1.56. The van der Waals surface area contributed by atoms with Crippen LogP contribution >= 0.6 is 12.2 Å². The van der Waals surface area contributed by atoms with E-state index in [2.05, 4.69) is 4.74 Å². The van der Waals surface area contributed by atoms with Crippen LogP contribution in [0.3, 0.4) is 0 Å². The number of hydrogen-bond donors (Lipinski definition) is 0. The van der Waals surface area contributed by atoms with Crippen molar-refractivity contribution < 1.29 is 22.3 Å². The first-order valence-corrected chi connectivity index (χ1v) is 8.44. The number of hydrogen-bond acceptors (Lipinski definition) is 5. The van der Waals surface area contributed by atoms with Gasteiger partial charge in [-0.2, -0.15) is 0 Å². The van der Waals surface area contributed by atoms with Crippen LogP contribution in [0.5, 0.6) is 0 Å². The van der Waals surface area contributed by atoms with Crippen LogP contribution in [0.1, 0.15) is 6.42 Å². The Morgan fingerprint density at radius 2 is 2.14 bits per heavy atom. The standard InChI is InChI=1S/C13H14FNO4S2/c1-19-13(16)9-5-6-15(12(9)20)11-4-3-8(7-10(11)14)21(2,17)18/h3-4,7,9H,5-6H2,1-2H3. The van der Waals surface area contributed by atoms with Crippen molar-refractivity contribution in [2.75, 3.05) is 24.8 Å². The van der Waals surface area contributed by atoms with Crippen LogP contribution in [0.4, 0.5) is 10.1 Å². The van der Waals surface area contributed by atoms with E-state index in [4.69, 9.17) is 12.2 Å². The summed E-state index contributed by atoms with van der Waals surface area (Å²) in [5, 5.41) is 0. The van der Waals surface area contributed by atoms with Crippen LogP contribution in [-0.4, -0.2) is 39.3 Å². The number of nitrogens with zero attached hydrogens (tertiary/aromatic N) is 1. The van der Waals surface area contributed by atoms with Crippen molar-refractivity contribution in [3.63, 3.8) is 0 Å². The lowest BCUT2D eigenvalue weighted by atomic mass is 10.1. The zero-order valence-electron chi connectivity index (χ0n) is 11.5. The number of ether oxygens (including phenoxy) is 1. The smallest absolute Gasteiger partial charge is 0.315 e. The second-order valence-electron chi connectivity index (χ2n) is 4.74. The van der Waals surface area contributed by atoms with Crippen molar-refractivity contribution in [2.24, 2.45) is 5.92 Å². The molecule has 0 bridgehead atoms. The average Bonchev–Trinajstić information content (AvgIpc) is 2.78. The fourth-order valence-corrected chi connectivity index (χ4v) is 3.25. The molecular formula is C13H14FNO4S2. The lowest BCUT2D eigenvalue weighted by Crippen LogP contribution is -2.29. The first-order chi connectivity index (χ1) is 9.75. The summed E-state index contributed by atoms with van der Waals surface area (Å²) >= 11 is 5.19. The zero-order valence-corrected chi connectivity index (χ0v) is 13.1. The number of thiocarbonyl (C=S) groups is 1. The molecule has 1 atom stereocenters. The van der Waals surface area contributed by atoms with Crippen LogP contribution in [0.25, 0.3) is 0 Å². The van der Waals surface area contributed by atoms with Gasteiger partial charge in [-0.05, 0) is 24.6 Å². The Hall–Kier alpha value is -1.54. The molecule has 1 saturated heterocycles. The Labute approximate surface area is 127 Å². The molecule has 8 heteroatoms. The Bertz CT molecular complexity index is 702. The number of carbonyl (C=O) groups excluding carboxylic acids is 1. The molecule has 114 valence electrons. The number of esters is 1. The van der Waals surface area contributed by atoms with Gasteiger partial charge in [-0.15, -0.1) is 0 Å². The van der Waals surface area contributed by atoms with Crippen LogP contribution in [0.15, 0.2) is 23.1 Å². The zero-order chi connectivity index (χ0) is 15.8. The molecule has 1 aliphatic heterocycles. The van der Waals surface area contributed by atoms with Crippen molar-refractivity contribution in [3.8, 4) is 0 Å². The molecule has 0 radical (unpaired) electrons. The lowest BCUT2D eigenvalue weighted by Gasteiger charge is -2.20. The van der Waals surface area contributed by atoms with Gasteiger partial charge >= 0.3 is 5.97 Å². The second kappa shape index (κ2) is 5.69. The first kappa shape index (κ1) is 15.8. The molecule has 1 aromatic rings. The van der Waals surface area contributed by atoms with E-state index in [1.807, 2.05) is 0 Å². The van der Waals surface area contributed by atoms with Gasteiger partial charge in [0.25, 0.3) is 0 Å². The van der Waals surface area contributed by atoms with Crippen LogP contribution in [-0.2, 0) is 19.4 Å². The molecule has 1 aromatic carbocycles. The SMILES string of the molecule is COC(=O)C1CCN(c2ccc(S(C)(=O)=O)cc2F)C1=S. The Kier molecular flexibility index (Phi) is 4.29. The van der Waals surface area contributed by atoms with Crippen LogP contribution in [0, 0.1) is 11.7 Å². The van der Waals surface area contributed by atoms with Gasteiger partial charge in [0.05, 0.1) is 22.7 Å². The highest BCUT2D eigenvalue weighted by Gasteiger charge is 2.36. The maximum Gasteiger partial charge on any atom is 0.315 e. The number of sulfone groups is 1. The fourth-order valence-electron chi connectivity index (χ4n) is 2.22. The number of methoxy groups -OCH3 is 1. The highest BCUT2D eigenvalue weighted by Crippen LogP contribution is 2.30. The van der Waals surface area contributed by atoms with Gasteiger partial charge in [-0.1, -0.05) is 12.2 Å². The summed E-state index contributed by atoms with van der Waals surface area (Å²) in [5.41, 5.74) is 0.166. The summed E-state index contributed by atoms with van der Waals surface area (Å²) in [7, 11) is -2.20. The van der Waals surface area contributed by atoms with Crippen molar-refractivity contribution in [3.05, 3.63) is 24.0 Å². The quantitative estimate of drug-likeness (QED) is 0.619. The number of anilines is 1. The average molecular weight is 331 g/mol. The monoisotopic (exact) mass is 331 g/mol. The first-order valence-electron chi connectivity index (χ1n) is 6.14. The summed E-state index contributed by atoms with van der Waals surface area (Å²) in [4.78, 5) is 13.2. The summed E-state index contributed by atoms with van der Waals surface area (Å²) in [5.74, 6) is -1.71. The molecule has 0 spiro atoms. The molecule has 0 aromatic heterocycles. The van der Waals surface area contributed by atoms with Gasteiger partial charge < -0.3 is 9.64 Å². The molecule has 1 unspecified atom stereocenters. The molecule has 1 aliphatic rings. The number of benzene rings is 1. The molecule has 0 N–H and O–H groups in total. The molecule has 1 heterocycles. The largest absolute Gasteiger partial charge is 0.468 e. The Morgan fingerprint density at radius 3 is 2.67 bits per heavy atom. The number of halogens is 1. The topological polar surface area (TPSA) is 63.7 Å². The van der Waals surface area contributed by atoms with Crippen molar-refractivity contribution in [1.82, 2.24) is 0 Å². The van der Waals surface area contributed by atoms with Gasteiger partial charge in [0.15, 0.2) is 9.84 Å². The Balaban J connectivity index is 2.32.